The number of aromatic nitrogens is 3. The smallest absolute Gasteiger partial charge is 0.124 e. The second-order valence-corrected chi connectivity index (χ2v) is 6.20. The van der Waals surface area contributed by atoms with Gasteiger partial charge < -0.3 is 0 Å². The van der Waals surface area contributed by atoms with Gasteiger partial charge in [0.15, 0.2) is 0 Å². The minimum atomic E-state index is -0.254. The highest BCUT2D eigenvalue weighted by atomic mass is 32.1. The molecule has 2 heterocycles. The summed E-state index contributed by atoms with van der Waals surface area (Å²) in [5.41, 5.74) is 3.72. The third-order valence-electron chi connectivity index (χ3n) is 3.59. The van der Waals surface area contributed by atoms with E-state index in [1.54, 1.807) is 35.9 Å². The lowest BCUT2D eigenvalue weighted by Gasteiger charge is -2.01. The van der Waals surface area contributed by atoms with Crippen molar-refractivity contribution in [2.24, 2.45) is 0 Å². The van der Waals surface area contributed by atoms with Crippen LogP contribution < -0.4 is 0 Å². The van der Waals surface area contributed by atoms with Gasteiger partial charge in [0, 0.05) is 29.1 Å². The molecule has 0 N–H and O–H groups in total. The molecule has 5 heteroatoms. The summed E-state index contributed by atoms with van der Waals surface area (Å²) >= 11 is 1.55. The largest absolute Gasteiger partial charge is 0.244 e. The Morgan fingerprint density at radius 2 is 1.46 bits per heavy atom. The SMILES string of the molecule is Fc1ccc(-c2nc(-c3ccccc3)c(-c3cncnc3)s2)cc1. The zero-order valence-corrected chi connectivity index (χ0v) is 13.4. The summed E-state index contributed by atoms with van der Waals surface area (Å²) < 4.78 is 13.2. The zero-order chi connectivity index (χ0) is 16.4. The second kappa shape index (κ2) is 6.29. The van der Waals surface area contributed by atoms with Crippen molar-refractivity contribution >= 4 is 11.3 Å². The Labute approximate surface area is 142 Å². The monoisotopic (exact) mass is 333 g/mol. The van der Waals surface area contributed by atoms with Crippen molar-refractivity contribution in [2.45, 2.75) is 0 Å². The van der Waals surface area contributed by atoms with Gasteiger partial charge in [-0.05, 0) is 24.3 Å². The molecule has 0 saturated heterocycles. The molecule has 0 fully saturated rings. The summed E-state index contributed by atoms with van der Waals surface area (Å²) in [6.45, 7) is 0. The molecule has 116 valence electrons. The van der Waals surface area contributed by atoms with Crippen LogP contribution in [0.25, 0.3) is 32.3 Å². The Morgan fingerprint density at radius 1 is 0.750 bits per heavy atom. The maximum absolute atomic E-state index is 13.2. The number of thiazole rings is 1. The van der Waals surface area contributed by atoms with Crippen molar-refractivity contribution in [1.29, 1.82) is 0 Å². The highest BCUT2D eigenvalue weighted by molar-refractivity contribution is 7.19. The number of rotatable bonds is 3. The number of hydrogen-bond donors (Lipinski definition) is 0. The third-order valence-corrected chi connectivity index (χ3v) is 4.74. The van der Waals surface area contributed by atoms with Crippen LogP contribution >= 0.6 is 11.3 Å². The van der Waals surface area contributed by atoms with Crippen LogP contribution in [0, 0.1) is 5.82 Å². The van der Waals surface area contributed by atoms with E-state index in [1.807, 2.05) is 30.3 Å². The summed E-state index contributed by atoms with van der Waals surface area (Å²) in [5.74, 6) is -0.254. The number of hydrogen-bond acceptors (Lipinski definition) is 4. The highest BCUT2D eigenvalue weighted by Gasteiger charge is 2.16. The Balaban J connectivity index is 1.89. The van der Waals surface area contributed by atoms with Gasteiger partial charge in [-0.15, -0.1) is 11.3 Å². The molecule has 0 aliphatic heterocycles. The summed E-state index contributed by atoms with van der Waals surface area (Å²) in [7, 11) is 0. The van der Waals surface area contributed by atoms with Crippen molar-refractivity contribution in [2.75, 3.05) is 0 Å². The third kappa shape index (κ3) is 2.81. The maximum Gasteiger partial charge on any atom is 0.124 e. The average Bonchev–Trinajstić information content (AvgIpc) is 3.09. The van der Waals surface area contributed by atoms with E-state index in [0.717, 1.165) is 32.3 Å². The van der Waals surface area contributed by atoms with Crippen LogP contribution in [0.3, 0.4) is 0 Å². The first-order valence-corrected chi connectivity index (χ1v) is 8.20. The lowest BCUT2D eigenvalue weighted by Crippen LogP contribution is -1.84. The number of halogens is 1. The number of nitrogens with zero attached hydrogens (tertiary/aromatic N) is 3. The quantitative estimate of drug-likeness (QED) is 0.525. The van der Waals surface area contributed by atoms with Gasteiger partial charge in [-0.1, -0.05) is 30.3 Å². The molecule has 4 rings (SSSR count). The molecule has 3 nitrogen and oxygen atoms in total. The molecule has 0 aliphatic carbocycles. The molecule has 0 unspecified atom stereocenters. The van der Waals surface area contributed by atoms with Crippen LogP contribution in [0.15, 0.2) is 73.3 Å². The fraction of sp³-hybridized carbons (Fsp3) is 0. The lowest BCUT2D eigenvalue weighted by molar-refractivity contribution is 0.628. The maximum atomic E-state index is 13.2. The van der Waals surface area contributed by atoms with Gasteiger partial charge in [-0.2, -0.15) is 0 Å². The van der Waals surface area contributed by atoms with E-state index in [-0.39, 0.29) is 5.82 Å². The van der Waals surface area contributed by atoms with E-state index in [2.05, 4.69) is 9.97 Å². The molecule has 4 aromatic rings. The van der Waals surface area contributed by atoms with Gasteiger partial charge in [0.05, 0.1) is 10.6 Å². The Hall–Kier alpha value is -2.92. The van der Waals surface area contributed by atoms with Gasteiger partial charge in [0.2, 0.25) is 0 Å². The molecule has 0 radical (unpaired) electrons. The molecule has 2 aromatic heterocycles. The summed E-state index contributed by atoms with van der Waals surface area (Å²) in [6, 6.07) is 16.4. The van der Waals surface area contributed by atoms with E-state index >= 15 is 0 Å². The molecule has 0 atom stereocenters. The van der Waals surface area contributed by atoms with Gasteiger partial charge in [-0.3, -0.25) is 0 Å². The van der Waals surface area contributed by atoms with Crippen LogP contribution in [0.4, 0.5) is 4.39 Å². The highest BCUT2D eigenvalue weighted by Crippen LogP contribution is 2.39. The molecule has 24 heavy (non-hydrogen) atoms. The molecule has 2 aromatic carbocycles. The van der Waals surface area contributed by atoms with Crippen LogP contribution in [0.1, 0.15) is 0 Å². The standard InChI is InChI=1S/C19H12FN3S/c20-16-8-6-14(7-9-16)19-23-17(13-4-2-1-3-5-13)18(24-19)15-10-21-12-22-11-15/h1-12H. The van der Waals surface area contributed by atoms with Crippen LogP contribution in [0.5, 0.6) is 0 Å². The average molecular weight is 333 g/mol. The van der Waals surface area contributed by atoms with Crippen LogP contribution in [-0.4, -0.2) is 15.0 Å². The van der Waals surface area contributed by atoms with Crippen molar-refractivity contribution in [3.8, 4) is 32.3 Å². The molecule has 0 amide bonds. The summed E-state index contributed by atoms with van der Waals surface area (Å²) in [4.78, 5) is 14.0. The normalized spacial score (nSPS) is 10.7. The molecule has 0 saturated carbocycles. The topological polar surface area (TPSA) is 38.7 Å². The number of benzene rings is 2. The molecule has 0 bridgehead atoms. The second-order valence-electron chi connectivity index (χ2n) is 5.20. The summed E-state index contributed by atoms with van der Waals surface area (Å²) in [6.07, 6.45) is 5.07. The van der Waals surface area contributed by atoms with Crippen molar-refractivity contribution in [1.82, 2.24) is 15.0 Å². The fourth-order valence-corrected chi connectivity index (χ4v) is 3.51. The molecule has 0 aliphatic rings. The van der Waals surface area contributed by atoms with Crippen molar-refractivity contribution < 1.29 is 4.39 Å². The van der Waals surface area contributed by atoms with Crippen molar-refractivity contribution in [3.63, 3.8) is 0 Å². The fourth-order valence-electron chi connectivity index (χ4n) is 2.44. The van der Waals surface area contributed by atoms with E-state index in [1.165, 1.54) is 18.5 Å². The Morgan fingerprint density at radius 3 is 2.17 bits per heavy atom. The van der Waals surface area contributed by atoms with Gasteiger partial charge in [-0.25, -0.2) is 19.3 Å². The van der Waals surface area contributed by atoms with Gasteiger partial charge in [0.1, 0.15) is 17.2 Å². The Kier molecular flexibility index (Phi) is 3.84. The van der Waals surface area contributed by atoms with E-state index in [4.69, 9.17) is 4.98 Å². The lowest BCUT2D eigenvalue weighted by atomic mass is 10.1. The summed E-state index contributed by atoms with van der Waals surface area (Å²) in [5, 5.41) is 0.840. The zero-order valence-electron chi connectivity index (χ0n) is 12.6. The molecule has 0 spiro atoms. The first kappa shape index (κ1) is 14.7. The minimum Gasteiger partial charge on any atom is -0.244 e. The molecular weight excluding hydrogens is 321 g/mol. The van der Waals surface area contributed by atoms with E-state index < -0.39 is 0 Å². The first-order chi connectivity index (χ1) is 11.8. The molecular formula is C19H12FN3S. The first-order valence-electron chi connectivity index (χ1n) is 7.39. The van der Waals surface area contributed by atoms with Gasteiger partial charge >= 0.3 is 0 Å². The van der Waals surface area contributed by atoms with Gasteiger partial charge in [0.25, 0.3) is 0 Å². The predicted molar refractivity (Wildman–Crippen MR) is 94.0 cm³/mol. The predicted octanol–water partition coefficient (Wildman–Crippen LogP) is 5.07. The van der Waals surface area contributed by atoms with Crippen LogP contribution in [0.2, 0.25) is 0 Å². The Bertz CT molecular complexity index is 894. The van der Waals surface area contributed by atoms with E-state index in [9.17, 15) is 4.39 Å². The van der Waals surface area contributed by atoms with Crippen molar-refractivity contribution in [3.05, 3.63) is 79.1 Å². The van der Waals surface area contributed by atoms with Crippen LogP contribution in [-0.2, 0) is 0 Å². The van der Waals surface area contributed by atoms with E-state index in [0.29, 0.717) is 0 Å². The minimum absolute atomic E-state index is 0.254.